The number of alkyl halides is 2. The molecule has 13 heteroatoms. The fourth-order valence-corrected chi connectivity index (χ4v) is 6.73. The highest BCUT2D eigenvalue weighted by Crippen LogP contribution is 2.42. The maximum atomic E-state index is 14.3. The van der Waals surface area contributed by atoms with Crippen LogP contribution in [0.2, 0.25) is 0 Å². The van der Waals surface area contributed by atoms with Gasteiger partial charge in [-0.25, -0.2) is 4.98 Å². The molecule has 0 bridgehead atoms. The number of ether oxygens (including phenoxy) is 2. The van der Waals surface area contributed by atoms with Gasteiger partial charge in [0, 0.05) is 37.1 Å². The third-order valence-corrected chi connectivity index (χ3v) is 8.71. The van der Waals surface area contributed by atoms with Crippen LogP contribution in [0.4, 0.5) is 20.5 Å². The summed E-state index contributed by atoms with van der Waals surface area (Å²) >= 11 is 1.44. The number of rotatable bonds is 4. The highest BCUT2D eigenvalue weighted by Gasteiger charge is 2.39. The predicted octanol–water partition coefficient (Wildman–Crippen LogP) is 3.69. The fourth-order valence-electron chi connectivity index (χ4n) is 5.50. The van der Waals surface area contributed by atoms with Gasteiger partial charge in [0.05, 0.1) is 37.3 Å². The number of benzene rings is 1. The molecule has 6 rings (SSSR count). The van der Waals surface area contributed by atoms with Gasteiger partial charge in [0.25, 0.3) is 5.91 Å². The summed E-state index contributed by atoms with van der Waals surface area (Å²) in [5.41, 5.74) is 1.68. The lowest BCUT2D eigenvalue weighted by atomic mass is 9.97. The Labute approximate surface area is 233 Å². The molecule has 3 aliphatic rings. The number of hydrogen-bond acceptors (Lipinski definition) is 10. The number of aromatic nitrogens is 2. The molecule has 0 radical (unpaired) electrons. The van der Waals surface area contributed by atoms with Crippen molar-refractivity contribution in [2.24, 2.45) is 0 Å². The molecule has 40 heavy (non-hydrogen) atoms. The van der Waals surface area contributed by atoms with Crippen LogP contribution < -0.4 is 9.80 Å². The summed E-state index contributed by atoms with van der Waals surface area (Å²) in [6, 6.07) is 2.76. The van der Waals surface area contributed by atoms with E-state index < -0.39 is 12.7 Å². The number of thiophene rings is 1. The number of nitrogens with zero attached hydrogens (tertiary/aromatic N) is 5. The van der Waals surface area contributed by atoms with Crippen LogP contribution in [0.25, 0.3) is 10.2 Å². The molecule has 2 N–H and O–H groups in total. The molecule has 1 amide bonds. The SMILES string of the molecule is CC(C)c1cc(C(=O)N2CCc3c(sc4nc(N5CCOCC5)nc(N5CCOC(F)(F)C5)c34)C2)c(O)cc1O. The molecule has 0 unspecified atom stereocenters. The smallest absolute Gasteiger partial charge is 0.373 e. The third kappa shape index (κ3) is 4.90. The highest BCUT2D eigenvalue weighted by atomic mass is 32.1. The zero-order chi connectivity index (χ0) is 28.2. The average molecular weight is 576 g/mol. The summed E-state index contributed by atoms with van der Waals surface area (Å²) in [5.74, 6) is 0.242. The van der Waals surface area contributed by atoms with Crippen molar-refractivity contribution in [3.05, 3.63) is 33.7 Å². The van der Waals surface area contributed by atoms with Gasteiger partial charge in [0.15, 0.2) is 0 Å². The quantitative estimate of drug-likeness (QED) is 0.481. The zero-order valence-corrected chi connectivity index (χ0v) is 23.1. The molecule has 0 saturated carbocycles. The maximum Gasteiger partial charge on any atom is 0.373 e. The summed E-state index contributed by atoms with van der Waals surface area (Å²) in [4.78, 5) is 30.0. The molecule has 1 aromatic carbocycles. The first-order valence-corrected chi connectivity index (χ1v) is 14.2. The average Bonchev–Trinajstić information content (AvgIpc) is 3.29. The van der Waals surface area contributed by atoms with Crippen LogP contribution in [0.15, 0.2) is 12.1 Å². The lowest BCUT2D eigenvalue weighted by Gasteiger charge is -2.34. The second kappa shape index (κ2) is 10.3. The number of phenols is 2. The van der Waals surface area contributed by atoms with Gasteiger partial charge < -0.3 is 34.4 Å². The molecule has 3 aromatic rings. The Bertz CT molecular complexity index is 1460. The third-order valence-electron chi connectivity index (χ3n) is 7.60. The van der Waals surface area contributed by atoms with Crippen molar-refractivity contribution in [3.63, 3.8) is 0 Å². The van der Waals surface area contributed by atoms with Crippen molar-refractivity contribution in [2.45, 2.75) is 38.8 Å². The lowest BCUT2D eigenvalue weighted by molar-refractivity contribution is -0.240. The van der Waals surface area contributed by atoms with Gasteiger partial charge in [-0.05, 0) is 29.5 Å². The Morgan fingerprint density at radius 2 is 1.80 bits per heavy atom. The van der Waals surface area contributed by atoms with Crippen molar-refractivity contribution < 1.29 is 33.3 Å². The number of amides is 1. The molecule has 2 fully saturated rings. The van der Waals surface area contributed by atoms with E-state index in [2.05, 4.69) is 4.74 Å². The summed E-state index contributed by atoms with van der Waals surface area (Å²) in [7, 11) is 0. The van der Waals surface area contributed by atoms with Crippen molar-refractivity contribution in [3.8, 4) is 11.5 Å². The molecular weight excluding hydrogens is 544 g/mol. The lowest BCUT2D eigenvalue weighted by Crippen LogP contribution is -2.47. The standard InChI is InChI=1S/C27H31F2N5O5S/c1-15(2)17-11-18(20(36)12-19(17)35)25(37)33-4-3-16-21(13-33)40-24-22(16)23(34-7-10-39-27(28,29)14-34)30-26(31-24)32-5-8-38-9-6-32/h11-12,15,35-36H,3-10,13-14H2,1-2H3. The summed E-state index contributed by atoms with van der Waals surface area (Å²) < 4.78 is 38.7. The van der Waals surface area contributed by atoms with E-state index in [-0.39, 0.29) is 48.6 Å². The van der Waals surface area contributed by atoms with Crippen LogP contribution >= 0.6 is 11.3 Å². The van der Waals surface area contributed by atoms with Gasteiger partial charge in [-0.2, -0.15) is 13.8 Å². The number of halogens is 2. The minimum absolute atomic E-state index is 0.0343. The minimum atomic E-state index is -3.28. The first-order valence-electron chi connectivity index (χ1n) is 13.4. The Kier molecular flexibility index (Phi) is 6.91. The number of morpholine rings is 2. The Balaban J connectivity index is 1.38. The largest absolute Gasteiger partial charge is 0.508 e. The van der Waals surface area contributed by atoms with Gasteiger partial charge in [0.1, 0.15) is 28.7 Å². The molecular formula is C27H31F2N5O5S. The summed E-state index contributed by atoms with van der Waals surface area (Å²) in [6.45, 7) is 6.30. The first kappa shape index (κ1) is 26.9. The molecule has 3 aliphatic heterocycles. The molecule has 0 aliphatic carbocycles. The van der Waals surface area contributed by atoms with E-state index in [0.29, 0.717) is 61.4 Å². The molecule has 214 valence electrons. The second-order valence-corrected chi connectivity index (χ2v) is 11.7. The van der Waals surface area contributed by atoms with Crippen LogP contribution in [0, 0.1) is 0 Å². The van der Waals surface area contributed by atoms with Crippen molar-refractivity contribution >= 4 is 39.2 Å². The number of anilines is 2. The normalized spacial score (nSPS) is 19.4. The fraction of sp³-hybridized carbons (Fsp3) is 0.519. The van der Waals surface area contributed by atoms with E-state index in [4.69, 9.17) is 14.7 Å². The van der Waals surface area contributed by atoms with Crippen molar-refractivity contribution in [1.29, 1.82) is 0 Å². The maximum absolute atomic E-state index is 14.3. The van der Waals surface area contributed by atoms with E-state index in [0.717, 1.165) is 15.8 Å². The Morgan fingerprint density at radius 3 is 2.52 bits per heavy atom. The number of hydrogen-bond donors (Lipinski definition) is 2. The Hall–Kier alpha value is -3.29. The van der Waals surface area contributed by atoms with Gasteiger partial charge in [-0.15, -0.1) is 11.3 Å². The molecule has 5 heterocycles. The van der Waals surface area contributed by atoms with Crippen LogP contribution in [0.3, 0.4) is 0 Å². The second-order valence-electron chi connectivity index (χ2n) is 10.6. The molecule has 0 spiro atoms. The number of phenolic OH excluding ortho intramolecular Hbond substituents is 2. The monoisotopic (exact) mass is 575 g/mol. The van der Waals surface area contributed by atoms with Crippen molar-refractivity contribution in [1.82, 2.24) is 14.9 Å². The molecule has 2 aromatic heterocycles. The summed E-state index contributed by atoms with van der Waals surface area (Å²) in [6.07, 6.45) is -2.79. The number of fused-ring (bicyclic) bond motifs is 3. The van der Waals surface area contributed by atoms with Gasteiger partial charge in [0.2, 0.25) is 5.95 Å². The van der Waals surface area contributed by atoms with Crippen LogP contribution in [-0.4, -0.2) is 89.6 Å². The predicted molar refractivity (Wildman–Crippen MR) is 146 cm³/mol. The van der Waals surface area contributed by atoms with E-state index in [1.54, 1.807) is 15.9 Å². The first-order chi connectivity index (χ1) is 19.1. The van der Waals surface area contributed by atoms with E-state index >= 15 is 0 Å². The molecule has 10 nitrogen and oxygen atoms in total. The van der Waals surface area contributed by atoms with Crippen LogP contribution in [0.5, 0.6) is 11.5 Å². The van der Waals surface area contributed by atoms with E-state index in [9.17, 15) is 23.8 Å². The Morgan fingerprint density at radius 1 is 1.05 bits per heavy atom. The number of aromatic hydroxyl groups is 2. The molecule has 0 atom stereocenters. The van der Waals surface area contributed by atoms with Gasteiger partial charge >= 0.3 is 6.11 Å². The molecule has 2 saturated heterocycles. The summed E-state index contributed by atoms with van der Waals surface area (Å²) in [5, 5.41) is 21.4. The van der Waals surface area contributed by atoms with Gasteiger partial charge in [-0.3, -0.25) is 4.79 Å². The van der Waals surface area contributed by atoms with Crippen molar-refractivity contribution in [2.75, 3.05) is 62.3 Å². The minimum Gasteiger partial charge on any atom is -0.508 e. The van der Waals surface area contributed by atoms with Gasteiger partial charge in [-0.1, -0.05) is 13.8 Å². The zero-order valence-electron chi connectivity index (χ0n) is 22.3. The highest BCUT2D eigenvalue weighted by molar-refractivity contribution is 7.19. The van der Waals surface area contributed by atoms with E-state index in [1.165, 1.54) is 17.4 Å². The van der Waals surface area contributed by atoms with Crippen LogP contribution in [0.1, 0.15) is 46.1 Å². The van der Waals surface area contributed by atoms with Crippen LogP contribution in [-0.2, 0) is 22.4 Å². The topological polar surface area (TPSA) is 111 Å². The number of carbonyl (C=O) groups is 1. The number of carbonyl (C=O) groups excluding carboxylic acids is 1. The van der Waals surface area contributed by atoms with E-state index in [1.807, 2.05) is 18.7 Å².